The van der Waals surface area contributed by atoms with Crippen molar-refractivity contribution in [2.75, 3.05) is 13.1 Å². The minimum absolute atomic E-state index is 0. The number of hydrogen-bond donors (Lipinski definition) is 2. The Morgan fingerprint density at radius 1 is 1.23 bits per heavy atom. The largest absolute Gasteiger partial charge is 0.343 e. The van der Waals surface area contributed by atoms with Crippen molar-refractivity contribution in [3.63, 3.8) is 0 Å². The van der Waals surface area contributed by atoms with Crippen LogP contribution in [0.1, 0.15) is 26.2 Å². The van der Waals surface area contributed by atoms with Crippen LogP contribution in [0.2, 0.25) is 0 Å². The van der Waals surface area contributed by atoms with E-state index in [0.717, 1.165) is 12.8 Å². The van der Waals surface area contributed by atoms with Crippen LogP contribution >= 0.6 is 12.4 Å². The number of amides is 1. The number of carbonyl (C=O) groups is 1. The van der Waals surface area contributed by atoms with Gasteiger partial charge in [0.25, 0.3) is 11.1 Å². The molecule has 1 saturated heterocycles. The molecule has 1 fully saturated rings. The Labute approximate surface area is 157 Å². The van der Waals surface area contributed by atoms with Gasteiger partial charge in [-0.05, 0) is 37.8 Å². The normalized spacial score (nSPS) is 16.3. The number of nitrogens with zero attached hydrogens (tertiary/aromatic N) is 2. The molecule has 0 bridgehead atoms. The summed E-state index contributed by atoms with van der Waals surface area (Å²) in [6, 6.07) is 6.84. The monoisotopic (exact) mass is 380 g/mol. The zero-order chi connectivity index (χ0) is 18.0. The number of rotatable bonds is 4. The molecule has 26 heavy (non-hydrogen) atoms. The predicted molar refractivity (Wildman–Crippen MR) is 104 cm³/mol. The van der Waals surface area contributed by atoms with Gasteiger partial charge in [0, 0.05) is 25.6 Å². The summed E-state index contributed by atoms with van der Waals surface area (Å²) < 4.78 is 1.23. The summed E-state index contributed by atoms with van der Waals surface area (Å²) in [5.74, 6) is 0.465. The zero-order valence-corrected chi connectivity index (χ0v) is 15.6. The highest BCUT2D eigenvalue weighted by atomic mass is 35.5. The molecule has 1 unspecified atom stereocenters. The summed E-state index contributed by atoms with van der Waals surface area (Å²) in [6.45, 7) is 3.58. The Kier molecular flexibility index (Phi) is 6.61. The molecule has 2 aromatic rings. The van der Waals surface area contributed by atoms with E-state index >= 15 is 0 Å². The lowest BCUT2D eigenvalue weighted by Crippen LogP contribution is -2.43. The van der Waals surface area contributed by atoms with Gasteiger partial charge in [0.1, 0.15) is 0 Å². The van der Waals surface area contributed by atoms with E-state index in [1.165, 1.54) is 4.68 Å². The lowest BCUT2D eigenvalue weighted by Gasteiger charge is -2.33. The van der Waals surface area contributed by atoms with Crippen molar-refractivity contribution in [2.45, 2.75) is 38.8 Å². The van der Waals surface area contributed by atoms with Gasteiger partial charge in [0.05, 0.1) is 17.3 Å². The summed E-state index contributed by atoms with van der Waals surface area (Å²) in [5, 5.41) is 3.30. The van der Waals surface area contributed by atoms with Crippen molar-refractivity contribution >= 4 is 29.1 Å². The van der Waals surface area contributed by atoms with E-state index in [2.05, 4.69) is 5.10 Å². The minimum atomic E-state index is -0.319. The first-order chi connectivity index (χ1) is 12.0. The van der Waals surface area contributed by atoms with Gasteiger partial charge in [-0.1, -0.05) is 12.1 Å². The average Bonchev–Trinajstić information content (AvgIpc) is 2.63. The number of likely N-dealkylation sites (tertiary alicyclic amines) is 1. The Balaban J connectivity index is 0.00000243. The van der Waals surface area contributed by atoms with Crippen molar-refractivity contribution in [1.82, 2.24) is 14.7 Å². The second-order valence-electron chi connectivity index (χ2n) is 6.77. The first kappa shape index (κ1) is 20.2. The van der Waals surface area contributed by atoms with Gasteiger partial charge in [-0.25, -0.2) is 4.68 Å². The highest BCUT2D eigenvalue weighted by Crippen LogP contribution is 2.20. The predicted octanol–water partition coefficient (Wildman–Crippen LogP) is 1.09. The lowest BCUT2D eigenvalue weighted by molar-refractivity contribution is -0.133. The van der Waals surface area contributed by atoms with Gasteiger partial charge >= 0.3 is 0 Å². The molecule has 1 aromatic carbocycles. The fourth-order valence-electron chi connectivity index (χ4n) is 3.44. The molecule has 1 amide bonds. The molecule has 0 aliphatic carbocycles. The number of nitrogens with one attached hydrogen (secondary N) is 1. The highest BCUT2D eigenvalue weighted by Gasteiger charge is 2.24. The van der Waals surface area contributed by atoms with E-state index in [9.17, 15) is 14.4 Å². The van der Waals surface area contributed by atoms with Crippen LogP contribution in [0, 0.1) is 5.92 Å². The second-order valence-corrected chi connectivity index (χ2v) is 6.77. The summed E-state index contributed by atoms with van der Waals surface area (Å²) in [7, 11) is 0. The summed E-state index contributed by atoms with van der Waals surface area (Å²) >= 11 is 0. The van der Waals surface area contributed by atoms with Gasteiger partial charge in [0.2, 0.25) is 5.91 Å². The maximum absolute atomic E-state index is 12.4. The molecule has 1 aromatic heterocycles. The molecule has 1 atom stereocenters. The number of aromatic amines is 1. The molecule has 1 aliphatic heterocycles. The number of benzene rings is 1. The van der Waals surface area contributed by atoms with Crippen molar-refractivity contribution in [3.05, 3.63) is 45.0 Å². The smallest absolute Gasteiger partial charge is 0.273 e. The number of aromatic nitrogens is 2. The molecule has 2 heterocycles. The van der Waals surface area contributed by atoms with E-state index in [0.29, 0.717) is 29.8 Å². The van der Waals surface area contributed by atoms with Crippen LogP contribution in [0.25, 0.3) is 10.8 Å². The summed E-state index contributed by atoms with van der Waals surface area (Å²) in [5.41, 5.74) is 5.33. The number of hydrogen-bond acceptors (Lipinski definition) is 4. The second kappa shape index (κ2) is 8.51. The van der Waals surface area contributed by atoms with Crippen LogP contribution in [-0.4, -0.2) is 39.7 Å². The van der Waals surface area contributed by atoms with Crippen molar-refractivity contribution < 1.29 is 4.79 Å². The molecule has 3 rings (SSSR count). The van der Waals surface area contributed by atoms with E-state index < -0.39 is 0 Å². The molecule has 142 valence electrons. The third-order valence-electron chi connectivity index (χ3n) is 5.07. The standard InChI is InChI=1S/C18H24N4O3.ClH/c1-12(19)13-6-9-21(10-7-13)16(23)8-11-22-18(25)15-5-3-2-4-14(15)17(24)20-22;/h2-5,12-13H,6-11,19H2,1H3,(H,20,24);1H. The van der Waals surface area contributed by atoms with Crippen LogP contribution in [0.4, 0.5) is 0 Å². The van der Waals surface area contributed by atoms with Gasteiger partial charge in [-0.3, -0.25) is 19.5 Å². The molecule has 1 aliphatic rings. The van der Waals surface area contributed by atoms with Gasteiger partial charge < -0.3 is 10.6 Å². The molecule has 0 saturated carbocycles. The maximum Gasteiger partial charge on any atom is 0.273 e. The van der Waals surface area contributed by atoms with E-state index in [-0.39, 0.29) is 48.4 Å². The molecular formula is C18H25ClN4O3. The van der Waals surface area contributed by atoms with Crippen LogP contribution in [0.3, 0.4) is 0 Å². The summed E-state index contributed by atoms with van der Waals surface area (Å²) in [4.78, 5) is 38.7. The fraction of sp³-hybridized carbons (Fsp3) is 0.500. The Morgan fingerprint density at radius 2 is 1.85 bits per heavy atom. The SMILES string of the molecule is CC(N)C1CCN(C(=O)CCn2[nH]c(=O)c3ccccc3c2=O)CC1.Cl. The maximum atomic E-state index is 12.4. The summed E-state index contributed by atoms with van der Waals surface area (Å²) in [6.07, 6.45) is 2.02. The van der Waals surface area contributed by atoms with Crippen LogP contribution < -0.4 is 16.9 Å². The fourth-order valence-corrected chi connectivity index (χ4v) is 3.44. The number of nitrogens with two attached hydrogens (primary N) is 1. The molecule has 3 N–H and O–H groups in total. The van der Waals surface area contributed by atoms with Gasteiger partial charge in [-0.15, -0.1) is 12.4 Å². The van der Waals surface area contributed by atoms with Crippen molar-refractivity contribution in [3.8, 4) is 0 Å². The van der Waals surface area contributed by atoms with Crippen molar-refractivity contribution in [1.29, 1.82) is 0 Å². The van der Waals surface area contributed by atoms with Crippen LogP contribution in [0.5, 0.6) is 0 Å². The number of piperidine rings is 1. The molecule has 0 radical (unpaired) electrons. The van der Waals surface area contributed by atoms with Crippen LogP contribution in [-0.2, 0) is 11.3 Å². The van der Waals surface area contributed by atoms with E-state index in [4.69, 9.17) is 5.73 Å². The lowest BCUT2D eigenvalue weighted by atomic mass is 9.91. The zero-order valence-electron chi connectivity index (χ0n) is 14.8. The van der Waals surface area contributed by atoms with Crippen molar-refractivity contribution in [2.24, 2.45) is 11.7 Å². The number of aryl methyl sites for hydroxylation is 1. The van der Waals surface area contributed by atoms with Gasteiger partial charge in [0.15, 0.2) is 0 Å². The minimum Gasteiger partial charge on any atom is -0.343 e. The van der Waals surface area contributed by atoms with E-state index in [1.54, 1.807) is 24.3 Å². The Hall–Kier alpha value is -2.12. The average molecular weight is 381 g/mol. The number of halogens is 1. The quantitative estimate of drug-likeness (QED) is 0.828. The topological polar surface area (TPSA) is 101 Å². The number of H-pyrrole nitrogens is 1. The molecular weight excluding hydrogens is 356 g/mol. The third kappa shape index (κ3) is 4.16. The first-order valence-corrected chi connectivity index (χ1v) is 8.72. The Morgan fingerprint density at radius 3 is 2.46 bits per heavy atom. The molecule has 7 nitrogen and oxygen atoms in total. The molecule has 0 spiro atoms. The number of carbonyl (C=O) groups excluding carboxylic acids is 1. The van der Waals surface area contributed by atoms with Crippen LogP contribution in [0.15, 0.2) is 33.9 Å². The van der Waals surface area contributed by atoms with E-state index in [1.807, 2.05) is 11.8 Å². The highest BCUT2D eigenvalue weighted by molar-refractivity contribution is 5.85. The van der Waals surface area contributed by atoms with Gasteiger partial charge in [-0.2, -0.15) is 0 Å². The number of fused-ring (bicyclic) bond motifs is 1. The Bertz CT molecular complexity index is 882. The molecule has 8 heteroatoms. The third-order valence-corrected chi connectivity index (χ3v) is 5.07. The first-order valence-electron chi connectivity index (χ1n) is 8.72.